The van der Waals surface area contributed by atoms with Gasteiger partial charge in [0.05, 0.1) is 18.4 Å². The number of ether oxygens (including phenoxy) is 2. The Labute approximate surface area is 138 Å². The normalized spacial score (nSPS) is 21.6. The average molecular weight is 324 g/mol. The van der Waals surface area contributed by atoms with E-state index in [0.29, 0.717) is 22.8 Å². The lowest BCUT2D eigenvalue weighted by Crippen LogP contribution is -2.38. The number of Topliss-reactive ketones (excluding diaryl/α,β-unsaturated/α-hetero) is 2. The fraction of sp³-hybridized carbons (Fsp3) is 0.263. The van der Waals surface area contributed by atoms with E-state index in [1.165, 1.54) is 13.8 Å². The van der Waals surface area contributed by atoms with Crippen molar-refractivity contribution in [3.05, 3.63) is 41.2 Å². The van der Waals surface area contributed by atoms with Gasteiger partial charge in [0.1, 0.15) is 23.0 Å². The number of hydrogen-bond acceptors (Lipinski definition) is 5. The Morgan fingerprint density at radius 1 is 1.33 bits per heavy atom. The van der Waals surface area contributed by atoms with Crippen molar-refractivity contribution < 1.29 is 24.2 Å². The van der Waals surface area contributed by atoms with E-state index in [-0.39, 0.29) is 24.4 Å². The van der Waals surface area contributed by atoms with E-state index in [4.69, 9.17) is 9.47 Å². The Morgan fingerprint density at radius 3 is 2.88 bits per heavy atom. The van der Waals surface area contributed by atoms with Crippen LogP contribution in [-0.4, -0.2) is 22.5 Å². The minimum atomic E-state index is -1.53. The van der Waals surface area contributed by atoms with Crippen LogP contribution in [0.5, 0.6) is 11.5 Å². The maximum atomic E-state index is 12.5. The van der Waals surface area contributed by atoms with E-state index < -0.39 is 5.79 Å². The minimum Gasteiger partial charge on any atom is -0.461 e. The number of benzene rings is 2. The summed E-state index contributed by atoms with van der Waals surface area (Å²) in [5.41, 5.74) is 1.37. The van der Waals surface area contributed by atoms with Gasteiger partial charge in [-0.3, -0.25) is 9.59 Å². The van der Waals surface area contributed by atoms with Gasteiger partial charge in [-0.15, -0.1) is 0 Å². The van der Waals surface area contributed by atoms with Crippen molar-refractivity contribution in [3.63, 3.8) is 0 Å². The third-order valence-corrected chi connectivity index (χ3v) is 4.20. The van der Waals surface area contributed by atoms with Gasteiger partial charge in [-0.25, -0.2) is 0 Å². The number of allylic oxidation sites excluding steroid dienone is 1. The molecule has 0 amide bonds. The van der Waals surface area contributed by atoms with E-state index in [0.717, 1.165) is 16.3 Å². The molecule has 122 valence electrons. The first-order valence-corrected chi connectivity index (χ1v) is 7.76. The second kappa shape index (κ2) is 4.92. The number of carbonyl (C=O) groups excluding carboxylic acids is 2. The number of aliphatic hydroxyl groups is 1. The Balaban J connectivity index is 1.97. The van der Waals surface area contributed by atoms with Gasteiger partial charge in [0, 0.05) is 23.8 Å². The van der Waals surface area contributed by atoms with Crippen molar-refractivity contribution in [2.75, 3.05) is 0 Å². The zero-order valence-electron chi connectivity index (χ0n) is 13.4. The molecule has 5 nitrogen and oxygen atoms in total. The van der Waals surface area contributed by atoms with Gasteiger partial charge in [-0.1, -0.05) is 18.2 Å². The number of rotatable bonds is 2. The van der Waals surface area contributed by atoms with Crippen molar-refractivity contribution in [1.29, 1.82) is 0 Å². The van der Waals surface area contributed by atoms with Crippen LogP contribution < -0.4 is 9.47 Å². The summed E-state index contributed by atoms with van der Waals surface area (Å²) in [6.45, 7) is 2.97. The molecular formula is C19H16O5. The lowest BCUT2D eigenvalue weighted by molar-refractivity contribution is -0.123. The third-order valence-electron chi connectivity index (χ3n) is 4.20. The molecule has 0 bridgehead atoms. The van der Waals surface area contributed by atoms with Gasteiger partial charge in [0.25, 0.3) is 0 Å². The Morgan fingerprint density at radius 2 is 2.12 bits per heavy atom. The molecular weight excluding hydrogens is 308 g/mol. The van der Waals surface area contributed by atoms with Gasteiger partial charge in [-0.2, -0.15) is 0 Å². The standard InChI is InChI=1S/C19H16O5/c1-10(20)6-12-7-11-4-3-5-13-17(11)15(23-12)8-16-18(13)14(21)9-19(2,22)24-16/h3-5,7-8,22H,6,9H2,1-2H3. The fourth-order valence-corrected chi connectivity index (χ4v) is 3.35. The van der Waals surface area contributed by atoms with Crippen LogP contribution in [0.2, 0.25) is 0 Å². The predicted octanol–water partition coefficient (Wildman–Crippen LogP) is 3.23. The van der Waals surface area contributed by atoms with Crippen LogP contribution in [0.1, 0.15) is 42.6 Å². The lowest BCUT2D eigenvalue weighted by Gasteiger charge is -2.32. The summed E-state index contributed by atoms with van der Waals surface area (Å²) < 4.78 is 11.4. The highest BCUT2D eigenvalue weighted by Gasteiger charge is 2.37. The van der Waals surface area contributed by atoms with Gasteiger partial charge in [-0.05, 0) is 18.6 Å². The van der Waals surface area contributed by atoms with Gasteiger partial charge in [0.2, 0.25) is 5.79 Å². The lowest BCUT2D eigenvalue weighted by atomic mass is 9.90. The average Bonchev–Trinajstić information content (AvgIpc) is 2.44. The van der Waals surface area contributed by atoms with Crippen LogP contribution in [0.25, 0.3) is 16.8 Å². The van der Waals surface area contributed by atoms with Crippen LogP contribution >= 0.6 is 0 Å². The molecule has 0 saturated heterocycles. The first-order valence-electron chi connectivity index (χ1n) is 7.76. The Kier molecular flexibility index (Phi) is 3.05. The quantitative estimate of drug-likeness (QED) is 0.918. The molecule has 24 heavy (non-hydrogen) atoms. The molecule has 1 N–H and O–H groups in total. The van der Waals surface area contributed by atoms with Gasteiger partial charge in [0.15, 0.2) is 5.78 Å². The molecule has 2 aromatic rings. The second-order valence-electron chi connectivity index (χ2n) is 6.49. The predicted molar refractivity (Wildman–Crippen MR) is 88.1 cm³/mol. The molecule has 0 fully saturated rings. The molecule has 2 aliphatic rings. The second-order valence-corrected chi connectivity index (χ2v) is 6.49. The van der Waals surface area contributed by atoms with E-state index in [9.17, 15) is 14.7 Å². The SMILES string of the molecule is CC(=O)CC1=Cc2cccc3c4c(cc(c23)O1)OC(C)(O)CC4=O. The summed E-state index contributed by atoms with van der Waals surface area (Å²) in [6, 6.07) is 7.25. The molecule has 0 spiro atoms. The highest BCUT2D eigenvalue weighted by Crippen LogP contribution is 2.45. The maximum absolute atomic E-state index is 12.5. The molecule has 0 saturated carbocycles. The molecule has 5 heteroatoms. The van der Waals surface area contributed by atoms with Crippen molar-refractivity contribution in [2.45, 2.75) is 32.5 Å². The van der Waals surface area contributed by atoms with Crippen molar-refractivity contribution >= 4 is 28.4 Å². The van der Waals surface area contributed by atoms with Crippen molar-refractivity contribution in [3.8, 4) is 11.5 Å². The van der Waals surface area contributed by atoms with E-state index in [1.807, 2.05) is 24.3 Å². The molecule has 0 aromatic heterocycles. The highest BCUT2D eigenvalue weighted by molar-refractivity contribution is 6.15. The summed E-state index contributed by atoms with van der Waals surface area (Å²) in [5.74, 6) is -0.304. The van der Waals surface area contributed by atoms with Crippen LogP contribution in [0.3, 0.4) is 0 Å². The number of ketones is 2. The third kappa shape index (κ3) is 2.29. The molecule has 2 heterocycles. The Hall–Kier alpha value is -2.66. The van der Waals surface area contributed by atoms with Crippen LogP contribution in [-0.2, 0) is 4.79 Å². The smallest absolute Gasteiger partial charge is 0.212 e. The number of fused-ring (bicyclic) bond motifs is 2. The van der Waals surface area contributed by atoms with Crippen LogP contribution in [0.4, 0.5) is 0 Å². The molecule has 1 atom stereocenters. The van der Waals surface area contributed by atoms with Crippen molar-refractivity contribution in [2.24, 2.45) is 0 Å². The summed E-state index contributed by atoms with van der Waals surface area (Å²) in [7, 11) is 0. The first kappa shape index (κ1) is 14.9. The molecule has 2 aliphatic heterocycles. The summed E-state index contributed by atoms with van der Waals surface area (Å²) in [4.78, 5) is 23.9. The number of carbonyl (C=O) groups is 2. The van der Waals surface area contributed by atoms with Gasteiger partial charge >= 0.3 is 0 Å². The summed E-state index contributed by atoms with van der Waals surface area (Å²) >= 11 is 0. The maximum Gasteiger partial charge on any atom is 0.212 e. The van der Waals surface area contributed by atoms with Crippen LogP contribution in [0, 0.1) is 0 Å². The van der Waals surface area contributed by atoms with E-state index >= 15 is 0 Å². The minimum absolute atomic E-state index is 0.00389. The van der Waals surface area contributed by atoms with Gasteiger partial charge < -0.3 is 14.6 Å². The monoisotopic (exact) mass is 324 g/mol. The van der Waals surface area contributed by atoms with Crippen molar-refractivity contribution in [1.82, 2.24) is 0 Å². The topological polar surface area (TPSA) is 72.8 Å². The van der Waals surface area contributed by atoms with E-state index in [1.54, 1.807) is 6.07 Å². The molecule has 0 aliphatic carbocycles. The summed E-state index contributed by atoms with van der Waals surface area (Å²) in [6.07, 6.45) is 1.93. The fourth-order valence-electron chi connectivity index (χ4n) is 3.35. The molecule has 0 radical (unpaired) electrons. The molecule has 4 rings (SSSR count). The largest absolute Gasteiger partial charge is 0.461 e. The number of hydrogen-bond donors (Lipinski definition) is 1. The molecule has 2 aromatic carbocycles. The van der Waals surface area contributed by atoms with Crippen LogP contribution in [0.15, 0.2) is 30.0 Å². The van der Waals surface area contributed by atoms with E-state index in [2.05, 4.69) is 0 Å². The molecule has 1 unspecified atom stereocenters. The summed E-state index contributed by atoms with van der Waals surface area (Å²) in [5, 5.41) is 11.7. The first-order chi connectivity index (χ1) is 11.3. The Bertz CT molecular complexity index is 936. The zero-order valence-corrected chi connectivity index (χ0v) is 13.4. The zero-order chi connectivity index (χ0) is 17.1. The highest BCUT2D eigenvalue weighted by atomic mass is 16.6.